The fraction of sp³-hybridized carbons (Fsp3) is 0.0769. The van der Waals surface area contributed by atoms with Crippen molar-refractivity contribution in [2.45, 2.75) is 6.42 Å². The number of hydrogen-bond donors (Lipinski definition) is 2. The quantitative estimate of drug-likeness (QED) is 0.841. The Hall–Kier alpha value is -2.36. The number of aliphatic carboxylic acids is 1. The standard InChI is InChI=1S/C13H11NO3/c15-12-7-10(5-6-14-12)11-4-2-1-3-9(11)8-13(16)17/h1-7H,8H2,(H,14,15)(H,16,17). The topological polar surface area (TPSA) is 70.2 Å². The molecule has 0 saturated carbocycles. The summed E-state index contributed by atoms with van der Waals surface area (Å²) >= 11 is 0. The van der Waals surface area contributed by atoms with Gasteiger partial charge in [0, 0.05) is 12.3 Å². The second-order valence-corrected chi connectivity index (χ2v) is 3.67. The van der Waals surface area contributed by atoms with Crippen LogP contribution in [0.5, 0.6) is 0 Å². The van der Waals surface area contributed by atoms with Crippen LogP contribution in [0.15, 0.2) is 47.4 Å². The fourth-order valence-corrected chi connectivity index (χ4v) is 1.73. The van der Waals surface area contributed by atoms with Crippen molar-refractivity contribution < 1.29 is 9.90 Å². The first kappa shape index (κ1) is 11.1. The third kappa shape index (κ3) is 2.60. The van der Waals surface area contributed by atoms with Crippen molar-refractivity contribution in [2.75, 3.05) is 0 Å². The van der Waals surface area contributed by atoms with Gasteiger partial charge in [-0.3, -0.25) is 9.59 Å². The van der Waals surface area contributed by atoms with Crippen molar-refractivity contribution in [1.82, 2.24) is 4.98 Å². The molecule has 0 aliphatic rings. The van der Waals surface area contributed by atoms with Gasteiger partial charge in [-0.25, -0.2) is 0 Å². The monoisotopic (exact) mass is 229 g/mol. The highest BCUT2D eigenvalue weighted by Gasteiger charge is 2.08. The lowest BCUT2D eigenvalue weighted by Gasteiger charge is -2.06. The molecule has 0 amide bonds. The van der Waals surface area contributed by atoms with Crippen LogP contribution in [-0.4, -0.2) is 16.1 Å². The molecule has 1 heterocycles. The van der Waals surface area contributed by atoms with E-state index in [0.717, 1.165) is 11.1 Å². The minimum Gasteiger partial charge on any atom is -0.481 e. The first-order valence-electron chi connectivity index (χ1n) is 5.15. The van der Waals surface area contributed by atoms with E-state index >= 15 is 0 Å². The van der Waals surface area contributed by atoms with Crippen molar-refractivity contribution in [3.05, 3.63) is 58.5 Å². The zero-order valence-corrected chi connectivity index (χ0v) is 9.01. The van der Waals surface area contributed by atoms with E-state index in [1.807, 2.05) is 12.1 Å². The predicted octanol–water partition coefficient (Wildman–Crippen LogP) is 1.67. The maximum Gasteiger partial charge on any atom is 0.307 e. The number of nitrogens with one attached hydrogen (secondary N) is 1. The summed E-state index contributed by atoms with van der Waals surface area (Å²) in [6.45, 7) is 0. The molecule has 0 unspecified atom stereocenters. The molecule has 1 aromatic carbocycles. The molecule has 2 rings (SSSR count). The summed E-state index contributed by atoms with van der Waals surface area (Å²) in [7, 11) is 0. The number of aromatic amines is 1. The third-order valence-electron chi connectivity index (χ3n) is 2.45. The lowest BCUT2D eigenvalue weighted by molar-refractivity contribution is -0.136. The number of benzene rings is 1. The zero-order chi connectivity index (χ0) is 12.3. The lowest BCUT2D eigenvalue weighted by atomic mass is 9.99. The van der Waals surface area contributed by atoms with Crippen LogP contribution in [0.25, 0.3) is 11.1 Å². The van der Waals surface area contributed by atoms with Crippen molar-refractivity contribution in [2.24, 2.45) is 0 Å². The Labute approximate surface area is 97.6 Å². The molecule has 0 aliphatic carbocycles. The van der Waals surface area contributed by atoms with E-state index in [4.69, 9.17) is 5.11 Å². The second kappa shape index (κ2) is 4.65. The van der Waals surface area contributed by atoms with Crippen molar-refractivity contribution >= 4 is 5.97 Å². The largest absolute Gasteiger partial charge is 0.481 e. The van der Waals surface area contributed by atoms with Gasteiger partial charge in [0.2, 0.25) is 5.56 Å². The first-order valence-corrected chi connectivity index (χ1v) is 5.15. The number of carboxylic acids is 1. The summed E-state index contributed by atoms with van der Waals surface area (Å²) in [5, 5.41) is 8.82. The van der Waals surface area contributed by atoms with Gasteiger partial charge in [-0.1, -0.05) is 24.3 Å². The average molecular weight is 229 g/mol. The van der Waals surface area contributed by atoms with E-state index in [0.29, 0.717) is 5.56 Å². The number of H-pyrrole nitrogens is 1. The maximum absolute atomic E-state index is 11.2. The average Bonchev–Trinajstić information content (AvgIpc) is 2.29. The van der Waals surface area contributed by atoms with Gasteiger partial charge < -0.3 is 10.1 Å². The maximum atomic E-state index is 11.2. The van der Waals surface area contributed by atoms with Crippen LogP contribution in [-0.2, 0) is 11.2 Å². The van der Waals surface area contributed by atoms with Crippen molar-refractivity contribution in [3.63, 3.8) is 0 Å². The Kier molecular flexibility index (Phi) is 3.05. The molecule has 2 N–H and O–H groups in total. The van der Waals surface area contributed by atoms with Crippen LogP contribution in [0.2, 0.25) is 0 Å². The number of hydrogen-bond acceptors (Lipinski definition) is 2. The SMILES string of the molecule is O=C(O)Cc1ccccc1-c1cc[nH]c(=O)c1. The van der Waals surface area contributed by atoms with Crippen molar-refractivity contribution in [1.29, 1.82) is 0 Å². The normalized spacial score (nSPS) is 10.1. The van der Waals surface area contributed by atoms with Gasteiger partial charge in [-0.15, -0.1) is 0 Å². The van der Waals surface area contributed by atoms with Gasteiger partial charge in [-0.2, -0.15) is 0 Å². The Morgan fingerprint density at radius 1 is 1.24 bits per heavy atom. The number of carboxylic acid groups (broad SMARTS) is 1. The van der Waals surface area contributed by atoms with Gasteiger partial charge in [0.25, 0.3) is 0 Å². The van der Waals surface area contributed by atoms with Gasteiger partial charge in [0.05, 0.1) is 6.42 Å². The van der Waals surface area contributed by atoms with Gasteiger partial charge >= 0.3 is 5.97 Å². The molecule has 0 atom stereocenters. The van der Waals surface area contributed by atoms with Crippen LogP contribution in [0.1, 0.15) is 5.56 Å². The Morgan fingerprint density at radius 2 is 2.00 bits per heavy atom. The molecule has 4 heteroatoms. The number of pyridine rings is 1. The van der Waals surface area contributed by atoms with E-state index in [9.17, 15) is 9.59 Å². The molecule has 0 radical (unpaired) electrons. The van der Waals surface area contributed by atoms with Gasteiger partial charge in [-0.05, 0) is 22.8 Å². The molecule has 1 aromatic heterocycles. The number of carbonyl (C=O) groups is 1. The molecule has 2 aromatic rings. The summed E-state index contributed by atoms with van der Waals surface area (Å²) in [5.74, 6) is -0.887. The van der Waals surface area contributed by atoms with Crippen LogP contribution < -0.4 is 5.56 Å². The van der Waals surface area contributed by atoms with Crippen LogP contribution >= 0.6 is 0 Å². The number of aromatic nitrogens is 1. The Morgan fingerprint density at radius 3 is 2.71 bits per heavy atom. The highest BCUT2D eigenvalue weighted by molar-refractivity contribution is 5.76. The molecular weight excluding hydrogens is 218 g/mol. The van der Waals surface area contributed by atoms with Gasteiger partial charge in [0.1, 0.15) is 0 Å². The summed E-state index contributed by atoms with van der Waals surface area (Å²) in [6.07, 6.45) is 1.50. The number of rotatable bonds is 3. The summed E-state index contributed by atoms with van der Waals surface area (Å²) in [6, 6.07) is 10.4. The Bertz CT molecular complexity index is 601. The molecule has 86 valence electrons. The molecule has 0 aliphatic heterocycles. The molecular formula is C13H11NO3. The predicted molar refractivity (Wildman–Crippen MR) is 63.8 cm³/mol. The first-order chi connectivity index (χ1) is 8.16. The summed E-state index contributed by atoms with van der Waals surface area (Å²) in [4.78, 5) is 24.5. The fourth-order valence-electron chi connectivity index (χ4n) is 1.73. The Balaban J connectivity index is 2.51. The molecule has 17 heavy (non-hydrogen) atoms. The summed E-state index contributed by atoms with van der Waals surface area (Å²) < 4.78 is 0. The van der Waals surface area contributed by atoms with Crippen LogP contribution in [0.4, 0.5) is 0 Å². The van der Waals surface area contributed by atoms with E-state index in [2.05, 4.69) is 4.98 Å². The smallest absolute Gasteiger partial charge is 0.307 e. The highest BCUT2D eigenvalue weighted by Crippen LogP contribution is 2.22. The van der Waals surface area contributed by atoms with Crippen LogP contribution in [0.3, 0.4) is 0 Å². The zero-order valence-electron chi connectivity index (χ0n) is 9.01. The minimum absolute atomic E-state index is 0.0526. The van der Waals surface area contributed by atoms with E-state index in [1.165, 1.54) is 6.07 Å². The van der Waals surface area contributed by atoms with E-state index < -0.39 is 5.97 Å². The molecule has 4 nitrogen and oxygen atoms in total. The lowest BCUT2D eigenvalue weighted by Crippen LogP contribution is -2.05. The summed E-state index contributed by atoms with van der Waals surface area (Å²) in [5.41, 5.74) is 2.00. The van der Waals surface area contributed by atoms with E-state index in [-0.39, 0.29) is 12.0 Å². The molecule has 0 fully saturated rings. The minimum atomic E-state index is -0.887. The van der Waals surface area contributed by atoms with E-state index in [1.54, 1.807) is 24.4 Å². The second-order valence-electron chi connectivity index (χ2n) is 3.67. The molecule has 0 spiro atoms. The third-order valence-corrected chi connectivity index (χ3v) is 2.45. The molecule has 0 bridgehead atoms. The van der Waals surface area contributed by atoms with Crippen LogP contribution in [0, 0.1) is 0 Å². The molecule has 0 saturated heterocycles. The van der Waals surface area contributed by atoms with Gasteiger partial charge in [0.15, 0.2) is 0 Å². The van der Waals surface area contributed by atoms with Crippen molar-refractivity contribution in [3.8, 4) is 11.1 Å². The highest BCUT2D eigenvalue weighted by atomic mass is 16.4.